The molecular weight excluding hydrogens is 484 g/mol. The van der Waals surface area contributed by atoms with Gasteiger partial charge in [0.15, 0.2) is 0 Å². The van der Waals surface area contributed by atoms with Crippen LogP contribution in [0, 0.1) is 0 Å². The molecule has 3 aromatic rings. The second-order valence-electron chi connectivity index (χ2n) is 9.93. The van der Waals surface area contributed by atoms with E-state index in [9.17, 15) is 9.90 Å². The van der Waals surface area contributed by atoms with Crippen LogP contribution in [0.2, 0.25) is 0 Å². The third-order valence-electron chi connectivity index (χ3n) is 7.39. The van der Waals surface area contributed by atoms with E-state index >= 15 is 0 Å². The maximum Gasteiger partial charge on any atom is 0.407 e. The highest BCUT2D eigenvalue weighted by Crippen LogP contribution is 2.35. The summed E-state index contributed by atoms with van der Waals surface area (Å²) in [5.41, 5.74) is 4.50. The van der Waals surface area contributed by atoms with Crippen molar-refractivity contribution in [2.75, 3.05) is 51.4 Å². The lowest BCUT2D eigenvalue weighted by Gasteiger charge is -2.37. The Labute approximate surface area is 223 Å². The molecule has 1 aromatic heterocycles. The third-order valence-corrected chi connectivity index (χ3v) is 7.39. The van der Waals surface area contributed by atoms with Crippen LogP contribution in [0.25, 0.3) is 0 Å². The van der Waals surface area contributed by atoms with Crippen molar-refractivity contribution in [3.05, 3.63) is 77.9 Å². The molecule has 0 saturated carbocycles. The number of hydrogen-bond donors (Lipinski definition) is 1. The number of carboxylic acid groups (broad SMARTS) is 1. The van der Waals surface area contributed by atoms with Gasteiger partial charge in [-0.05, 0) is 41.7 Å². The third kappa shape index (κ3) is 6.28. The minimum Gasteiger partial charge on any atom is -0.490 e. The maximum absolute atomic E-state index is 11.8. The number of carbonyl (C=O) groups is 1. The van der Waals surface area contributed by atoms with Crippen LogP contribution in [0.1, 0.15) is 35.4 Å². The van der Waals surface area contributed by atoms with E-state index in [1.54, 1.807) is 13.3 Å². The fraction of sp³-hybridized carbons (Fsp3) is 0.448. The summed E-state index contributed by atoms with van der Waals surface area (Å²) < 4.78 is 19.6. The second-order valence-corrected chi connectivity index (χ2v) is 9.93. The van der Waals surface area contributed by atoms with Crippen LogP contribution in [0.4, 0.5) is 10.5 Å². The summed E-state index contributed by atoms with van der Waals surface area (Å²) in [5, 5.41) is 9.64. The molecule has 0 radical (unpaired) electrons. The van der Waals surface area contributed by atoms with Crippen LogP contribution in [-0.2, 0) is 22.6 Å². The Balaban J connectivity index is 1.28. The molecule has 9 nitrogen and oxygen atoms in total. The molecular formula is C29H36N4O5. The first-order valence-electron chi connectivity index (χ1n) is 13.2. The number of fused-ring (bicyclic) bond motifs is 1. The lowest BCUT2D eigenvalue weighted by molar-refractivity contribution is -0.0199. The highest BCUT2D eigenvalue weighted by atomic mass is 16.5. The minimum absolute atomic E-state index is 0.124. The molecule has 0 aliphatic carbocycles. The molecule has 1 saturated heterocycles. The first-order chi connectivity index (χ1) is 18.6. The van der Waals surface area contributed by atoms with Crippen molar-refractivity contribution >= 4 is 11.8 Å². The normalized spacial score (nSPS) is 19.2. The first-order valence-corrected chi connectivity index (χ1v) is 13.2. The number of rotatable bonds is 10. The lowest BCUT2D eigenvalue weighted by atomic mass is 9.86. The summed E-state index contributed by atoms with van der Waals surface area (Å²) in [4.78, 5) is 19.7. The van der Waals surface area contributed by atoms with Crippen molar-refractivity contribution in [2.24, 2.45) is 0 Å². The van der Waals surface area contributed by atoms with Gasteiger partial charge in [0.05, 0.1) is 37.8 Å². The van der Waals surface area contributed by atoms with Crippen LogP contribution in [0.3, 0.4) is 0 Å². The molecule has 38 heavy (non-hydrogen) atoms. The van der Waals surface area contributed by atoms with Gasteiger partial charge in [0, 0.05) is 51.7 Å². The highest BCUT2D eigenvalue weighted by Gasteiger charge is 2.33. The molecule has 9 heteroatoms. The molecule has 0 spiro atoms. The molecule has 2 unspecified atom stereocenters. The number of imidazole rings is 1. The van der Waals surface area contributed by atoms with Gasteiger partial charge < -0.3 is 33.7 Å². The average Bonchev–Trinajstić information content (AvgIpc) is 3.45. The molecule has 2 atom stereocenters. The highest BCUT2D eigenvalue weighted by molar-refractivity contribution is 5.65. The van der Waals surface area contributed by atoms with Crippen LogP contribution >= 0.6 is 0 Å². The zero-order chi connectivity index (χ0) is 26.3. The van der Waals surface area contributed by atoms with Crippen molar-refractivity contribution in [1.29, 1.82) is 0 Å². The largest absolute Gasteiger partial charge is 0.490 e. The second kappa shape index (κ2) is 12.3. The minimum atomic E-state index is -0.898. The lowest BCUT2D eigenvalue weighted by Crippen LogP contribution is -2.46. The topological polar surface area (TPSA) is 89.3 Å². The van der Waals surface area contributed by atoms with E-state index in [-0.39, 0.29) is 12.0 Å². The Morgan fingerprint density at radius 3 is 2.76 bits per heavy atom. The summed E-state index contributed by atoms with van der Waals surface area (Å²) in [7, 11) is 1.72. The molecule has 1 amide bonds. The number of amides is 1. The quantitative estimate of drug-likeness (QED) is 0.401. The van der Waals surface area contributed by atoms with Gasteiger partial charge in [0.2, 0.25) is 0 Å². The number of aromatic nitrogens is 2. The Kier molecular flexibility index (Phi) is 8.45. The molecule has 0 bridgehead atoms. The molecule has 1 N–H and O–H groups in total. The van der Waals surface area contributed by atoms with Gasteiger partial charge in [-0.25, -0.2) is 9.78 Å². The zero-order valence-electron chi connectivity index (χ0n) is 21.9. The number of ether oxygens (including phenoxy) is 3. The van der Waals surface area contributed by atoms with Gasteiger partial charge in [-0.1, -0.05) is 30.3 Å². The van der Waals surface area contributed by atoms with E-state index in [4.69, 9.17) is 14.2 Å². The van der Waals surface area contributed by atoms with E-state index in [0.717, 1.165) is 56.1 Å². The van der Waals surface area contributed by atoms with Gasteiger partial charge >= 0.3 is 6.09 Å². The van der Waals surface area contributed by atoms with Crippen LogP contribution in [0.15, 0.2) is 61.2 Å². The van der Waals surface area contributed by atoms with E-state index in [2.05, 4.69) is 40.2 Å². The number of benzene rings is 2. The summed E-state index contributed by atoms with van der Waals surface area (Å²) in [6.45, 7) is 5.18. The van der Waals surface area contributed by atoms with Gasteiger partial charge in [-0.2, -0.15) is 0 Å². The predicted molar refractivity (Wildman–Crippen MR) is 144 cm³/mol. The molecule has 5 rings (SSSR count). The Bertz CT molecular complexity index is 1180. The number of likely N-dealkylation sites (tertiary alicyclic amines) is 1. The molecule has 1 fully saturated rings. The van der Waals surface area contributed by atoms with E-state index in [0.29, 0.717) is 26.3 Å². The van der Waals surface area contributed by atoms with Crippen molar-refractivity contribution in [2.45, 2.75) is 38.0 Å². The standard InChI is InChI=1S/C29H36N4O5/c1-36-15-2-11-32-14-16-37-27-8-5-23(17-26(27)32)20-38-28-19-33(29(34)35)12-9-25(28)24-6-3-22(4-7-24)18-31-13-10-30-21-31/h3-8,10,13,17,21,25,28H,2,9,11-12,14-16,18-20H2,1H3,(H,34,35). The molecule has 3 heterocycles. The van der Waals surface area contributed by atoms with E-state index in [1.807, 2.05) is 29.2 Å². The van der Waals surface area contributed by atoms with Crippen LogP contribution in [-0.4, -0.2) is 78.3 Å². The van der Waals surface area contributed by atoms with Crippen molar-refractivity contribution < 1.29 is 24.1 Å². The van der Waals surface area contributed by atoms with Crippen molar-refractivity contribution in [1.82, 2.24) is 14.5 Å². The Morgan fingerprint density at radius 1 is 1.16 bits per heavy atom. The Hall–Kier alpha value is -3.56. The number of methoxy groups -OCH3 is 1. The molecule has 2 aliphatic rings. The summed E-state index contributed by atoms with van der Waals surface area (Å²) in [6.07, 6.45) is 6.09. The predicted octanol–water partition coefficient (Wildman–Crippen LogP) is 4.22. The SMILES string of the molecule is COCCCN1CCOc2ccc(COC3CN(C(=O)O)CCC3c3ccc(Cn4ccnc4)cc3)cc21. The zero-order valence-corrected chi connectivity index (χ0v) is 21.9. The molecule has 202 valence electrons. The monoisotopic (exact) mass is 520 g/mol. The Morgan fingerprint density at radius 2 is 2.00 bits per heavy atom. The maximum atomic E-state index is 11.8. The smallest absolute Gasteiger partial charge is 0.407 e. The number of piperidine rings is 1. The van der Waals surface area contributed by atoms with Crippen LogP contribution in [0.5, 0.6) is 5.75 Å². The van der Waals surface area contributed by atoms with E-state index in [1.165, 1.54) is 16.0 Å². The summed E-state index contributed by atoms with van der Waals surface area (Å²) >= 11 is 0. The number of nitrogens with zero attached hydrogens (tertiary/aromatic N) is 4. The molecule has 2 aromatic carbocycles. The molecule has 2 aliphatic heterocycles. The van der Waals surface area contributed by atoms with Gasteiger partial charge in [0.1, 0.15) is 12.4 Å². The van der Waals surface area contributed by atoms with E-state index < -0.39 is 6.09 Å². The average molecular weight is 521 g/mol. The van der Waals surface area contributed by atoms with Gasteiger partial charge in [-0.15, -0.1) is 0 Å². The van der Waals surface area contributed by atoms with Crippen molar-refractivity contribution in [3.8, 4) is 5.75 Å². The van der Waals surface area contributed by atoms with Crippen molar-refractivity contribution in [3.63, 3.8) is 0 Å². The number of anilines is 1. The van der Waals surface area contributed by atoms with Gasteiger partial charge in [-0.3, -0.25) is 0 Å². The number of hydrogen-bond acceptors (Lipinski definition) is 6. The van der Waals surface area contributed by atoms with Gasteiger partial charge in [0.25, 0.3) is 0 Å². The first kappa shape index (κ1) is 26.1. The van der Waals surface area contributed by atoms with Crippen LogP contribution < -0.4 is 9.64 Å². The fourth-order valence-electron chi connectivity index (χ4n) is 5.35. The fourth-order valence-corrected chi connectivity index (χ4v) is 5.35. The summed E-state index contributed by atoms with van der Waals surface area (Å²) in [6, 6.07) is 14.8. The summed E-state index contributed by atoms with van der Waals surface area (Å²) in [5.74, 6) is 1.01.